The molecule has 3 N–H and O–H groups in total. The van der Waals surface area contributed by atoms with Gasteiger partial charge in [-0.15, -0.1) is 0 Å². The minimum atomic E-state index is -1.08. The number of carboxylic acid groups (broad SMARTS) is 1. The first kappa shape index (κ1) is 16.0. The van der Waals surface area contributed by atoms with Crippen LogP contribution in [0, 0.1) is 11.3 Å². The van der Waals surface area contributed by atoms with Crippen molar-refractivity contribution in [2.45, 2.75) is 0 Å². The van der Waals surface area contributed by atoms with Gasteiger partial charge in [0.15, 0.2) is 0 Å². The maximum atomic E-state index is 12.1. The van der Waals surface area contributed by atoms with Crippen molar-refractivity contribution in [3.8, 4) is 34.2 Å². The zero-order valence-electron chi connectivity index (χ0n) is 12.9. The van der Waals surface area contributed by atoms with Crippen molar-refractivity contribution in [3.63, 3.8) is 0 Å². The molecule has 3 aromatic rings. The van der Waals surface area contributed by atoms with Crippen molar-refractivity contribution >= 4 is 11.8 Å². The molecular formula is C19H12N3O3-. The van der Waals surface area contributed by atoms with Crippen LogP contribution < -0.4 is 10.8 Å². The van der Waals surface area contributed by atoms with Gasteiger partial charge in [0.2, 0.25) is 0 Å². The van der Waals surface area contributed by atoms with Crippen molar-refractivity contribution in [2.24, 2.45) is 0 Å². The highest BCUT2D eigenvalue weighted by molar-refractivity contribution is 5.90. The molecule has 3 rings (SSSR count). The van der Waals surface area contributed by atoms with Crippen LogP contribution in [0.3, 0.4) is 0 Å². The van der Waals surface area contributed by atoms with Gasteiger partial charge in [-0.3, -0.25) is 0 Å². The van der Waals surface area contributed by atoms with E-state index in [2.05, 4.69) is 4.98 Å². The van der Waals surface area contributed by atoms with Gasteiger partial charge in [-0.25, -0.2) is 9.78 Å². The number of rotatable bonds is 3. The van der Waals surface area contributed by atoms with Gasteiger partial charge in [-0.05, 0) is 29.3 Å². The molecular weight excluding hydrogens is 318 g/mol. The molecule has 0 bridgehead atoms. The van der Waals surface area contributed by atoms with E-state index < -0.39 is 5.97 Å². The number of para-hydroxylation sites is 1. The molecule has 0 aliphatic carbocycles. The van der Waals surface area contributed by atoms with Crippen molar-refractivity contribution in [3.05, 3.63) is 65.7 Å². The third kappa shape index (κ3) is 2.99. The fourth-order valence-corrected chi connectivity index (χ4v) is 2.55. The number of carboxylic acids is 1. The summed E-state index contributed by atoms with van der Waals surface area (Å²) in [5.41, 5.74) is 7.75. The van der Waals surface area contributed by atoms with Gasteiger partial charge >= 0.3 is 5.97 Å². The van der Waals surface area contributed by atoms with Crippen LogP contribution in [0.2, 0.25) is 0 Å². The Balaban J connectivity index is 2.26. The quantitative estimate of drug-likeness (QED) is 0.761. The van der Waals surface area contributed by atoms with E-state index in [4.69, 9.17) is 10.8 Å². The lowest BCUT2D eigenvalue weighted by Gasteiger charge is -2.15. The summed E-state index contributed by atoms with van der Waals surface area (Å²) in [6, 6.07) is 16.1. The van der Waals surface area contributed by atoms with E-state index in [0.29, 0.717) is 22.4 Å². The number of pyridine rings is 1. The summed E-state index contributed by atoms with van der Waals surface area (Å²) < 4.78 is 0. The summed E-state index contributed by atoms with van der Waals surface area (Å²) in [4.78, 5) is 15.4. The fourth-order valence-electron chi connectivity index (χ4n) is 2.55. The van der Waals surface area contributed by atoms with E-state index in [1.54, 1.807) is 36.4 Å². The molecule has 0 aliphatic heterocycles. The highest BCUT2D eigenvalue weighted by Crippen LogP contribution is 2.33. The van der Waals surface area contributed by atoms with Gasteiger partial charge in [0.25, 0.3) is 0 Å². The molecule has 0 aliphatic rings. The second kappa shape index (κ2) is 6.34. The average Bonchev–Trinajstić information content (AvgIpc) is 2.61. The molecule has 122 valence electrons. The minimum absolute atomic E-state index is 0.0148. The van der Waals surface area contributed by atoms with Crippen LogP contribution >= 0.6 is 0 Å². The SMILES string of the molecule is N#Cc1c(-c2cccc(C(=O)O)c2)cc(-c2ccccc2[O-])nc1N. The van der Waals surface area contributed by atoms with Crippen molar-refractivity contribution < 1.29 is 15.0 Å². The van der Waals surface area contributed by atoms with Crippen LogP contribution in [0.15, 0.2) is 54.6 Å². The number of hydrogen-bond acceptors (Lipinski definition) is 5. The van der Waals surface area contributed by atoms with Crippen LogP contribution in [-0.4, -0.2) is 16.1 Å². The first-order chi connectivity index (χ1) is 12.0. The van der Waals surface area contributed by atoms with Crippen molar-refractivity contribution in [1.29, 1.82) is 5.26 Å². The Bertz CT molecular complexity index is 1020. The largest absolute Gasteiger partial charge is 0.872 e. The van der Waals surface area contributed by atoms with Gasteiger partial charge in [0.05, 0.1) is 11.3 Å². The molecule has 0 saturated carbocycles. The lowest BCUT2D eigenvalue weighted by Crippen LogP contribution is -2.02. The summed E-state index contributed by atoms with van der Waals surface area (Å²) in [6.45, 7) is 0. The molecule has 0 atom stereocenters. The Morgan fingerprint density at radius 1 is 1.12 bits per heavy atom. The maximum absolute atomic E-state index is 12.1. The summed E-state index contributed by atoms with van der Waals surface area (Å²) in [6.07, 6.45) is 0. The number of aromatic nitrogens is 1. The van der Waals surface area contributed by atoms with Gasteiger partial charge in [0.1, 0.15) is 17.5 Å². The average molecular weight is 330 g/mol. The van der Waals surface area contributed by atoms with E-state index in [-0.39, 0.29) is 22.7 Å². The lowest BCUT2D eigenvalue weighted by molar-refractivity contribution is -0.267. The monoisotopic (exact) mass is 330 g/mol. The van der Waals surface area contributed by atoms with E-state index >= 15 is 0 Å². The number of anilines is 1. The maximum Gasteiger partial charge on any atom is 0.335 e. The first-order valence-corrected chi connectivity index (χ1v) is 7.32. The number of nitrogen functional groups attached to an aromatic ring is 1. The summed E-state index contributed by atoms with van der Waals surface area (Å²) >= 11 is 0. The summed E-state index contributed by atoms with van der Waals surface area (Å²) in [5.74, 6) is -1.31. The third-order valence-corrected chi connectivity index (χ3v) is 3.74. The topological polar surface area (TPSA) is 123 Å². The Hall–Kier alpha value is -3.85. The van der Waals surface area contributed by atoms with Gasteiger partial charge in [-0.2, -0.15) is 5.26 Å². The predicted molar refractivity (Wildman–Crippen MR) is 90.6 cm³/mol. The number of nitriles is 1. The van der Waals surface area contributed by atoms with E-state index in [0.717, 1.165) is 0 Å². The predicted octanol–water partition coefficient (Wildman–Crippen LogP) is 2.64. The van der Waals surface area contributed by atoms with Gasteiger partial charge < -0.3 is 15.9 Å². The van der Waals surface area contributed by atoms with Crippen LogP contribution in [0.25, 0.3) is 22.4 Å². The highest BCUT2D eigenvalue weighted by Gasteiger charge is 2.15. The number of carbonyl (C=O) groups is 1. The van der Waals surface area contributed by atoms with Crippen LogP contribution in [0.5, 0.6) is 5.75 Å². The lowest BCUT2D eigenvalue weighted by atomic mass is 9.97. The summed E-state index contributed by atoms with van der Waals surface area (Å²) in [7, 11) is 0. The highest BCUT2D eigenvalue weighted by atomic mass is 16.4. The molecule has 0 saturated heterocycles. The second-order valence-electron chi connectivity index (χ2n) is 5.31. The Morgan fingerprint density at radius 2 is 1.88 bits per heavy atom. The third-order valence-electron chi connectivity index (χ3n) is 3.74. The number of hydrogen-bond donors (Lipinski definition) is 2. The molecule has 6 heteroatoms. The van der Waals surface area contributed by atoms with Crippen molar-refractivity contribution in [1.82, 2.24) is 4.98 Å². The van der Waals surface area contributed by atoms with Gasteiger partial charge in [0, 0.05) is 5.56 Å². The number of aromatic carboxylic acids is 1. The standard InChI is InChI=1S/C19H13N3O3/c20-10-15-14(11-4-3-5-12(8-11)19(24)25)9-16(22-18(15)21)13-6-1-2-7-17(13)23/h1-9,23H,(H2,21,22)(H,24,25)/p-1. The van der Waals surface area contributed by atoms with Crippen LogP contribution in [0.4, 0.5) is 5.82 Å². The molecule has 0 amide bonds. The van der Waals surface area contributed by atoms with Crippen molar-refractivity contribution in [2.75, 3.05) is 5.73 Å². The minimum Gasteiger partial charge on any atom is -0.872 e. The molecule has 1 heterocycles. The number of benzene rings is 2. The number of nitrogens with zero attached hydrogens (tertiary/aromatic N) is 2. The summed E-state index contributed by atoms with van der Waals surface area (Å²) in [5, 5.41) is 30.6. The molecule has 6 nitrogen and oxygen atoms in total. The van der Waals surface area contributed by atoms with E-state index in [9.17, 15) is 15.2 Å². The van der Waals surface area contributed by atoms with Gasteiger partial charge in [-0.1, -0.05) is 42.1 Å². The Morgan fingerprint density at radius 3 is 2.56 bits per heavy atom. The van der Waals surface area contributed by atoms with Crippen LogP contribution in [-0.2, 0) is 0 Å². The molecule has 1 aromatic heterocycles. The fraction of sp³-hybridized carbons (Fsp3) is 0. The smallest absolute Gasteiger partial charge is 0.335 e. The first-order valence-electron chi connectivity index (χ1n) is 7.32. The zero-order chi connectivity index (χ0) is 18.0. The molecule has 0 fully saturated rings. The molecule has 0 unspecified atom stereocenters. The number of nitrogens with two attached hydrogens (primary N) is 1. The molecule has 2 aromatic carbocycles. The van der Waals surface area contributed by atoms with E-state index in [1.807, 2.05) is 6.07 Å². The zero-order valence-corrected chi connectivity index (χ0v) is 12.9. The normalized spacial score (nSPS) is 10.2. The second-order valence-corrected chi connectivity index (χ2v) is 5.31. The Labute approximate surface area is 143 Å². The molecule has 0 spiro atoms. The molecule has 0 radical (unpaired) electrons. The van der Waals surface area contributed by atoms with E-state index in [1.165, 1.54) is 18.2 Å². The van der Waals surface area contributed by atoms with Crippen LogP contribution in [0.1, 0.15) is 15.9 Å². The molecule has 25 heavy (non-hydrogen) atoms. The Kier molecular flexibility index (Phi) is 4.06.